The Morgan fingerprint density at radius 1 is 1.38 bits per heavy atom. The van der Waals surface area contributed by atoms with Gasteiger partial charge in [0.1, 0.15) is 4.88 Å². The first-order chi connectivity index (χ1) is 10.1. The molecule has 3 N–H and O–H groups in total. The van der Waals surface area contributed by atoms with Gasteiger partial charge in [0.05, 0.1) is 23.4 Å². The maximum Gasteiger partial charge on any atom is 0.263 e. The summed E-state index contributed by atoms with van der Waals surface area (Å²) in [5.74, 6) is -0.124. The van der Waals surface area contributed by atoms with Crippen LogP contribution in [0.25, 0.3) is 10.1 Å². The van der Waals surface area contributed by atoms with E-state index in [1.165, 1.54) is 11.3 Å². The Labute approximate surface area is 130 Å². The average Bonchev–Trinajstić information content (AvgIpc) is 3.02. The SMILES string of the molecule is Cc1ncsc1CNC(=O)c1sc2c(C)cccc2c1N. The molecular weight excluding hydrogens is 302 g/mol. The van der Waals surface area contributed by atoms with Crippen LogP contribution in [-0.2, 0) is 6.54 Å². The zero-order chi connectivity index (χ0) is 15.0. The Kier molecular flexibility index (Phi) is 3.65. The first-order valence-electron chi connectivity index (χ1n) is 6.52. The third-order valence-corrected chi connectivity index (χ3v) is 5.70. The summed E-state index contributed by atoms with van der Waals surface area (Å²) in [7, 11) is 0. The maximum absolute atomic E-state index is 12.4. The number of anilines is 1. The highest BCUT2D eigenvalue weighted by Crippen LogP contribution is 2.35. The van der Waals surface area contributed by atoms with Crippen molar-refractivity contribution in [2.45, 2.75) is 20.4 Å². The Hall–Kier alpha value is -1.92. The van der Waals surface area contributed by atoms with E-state index in [1.54, 1.807) is 16.8 Å². The molecule has 1 aromatic carbocycles. The second-order valence-corrected chi connectivity index (χ2v) is 6.80. The van der Waals surface area contributed by atoms with Gasteiger partial charge in [-0.3, -0.25) is 4.79 Å². The molecule has 6 heteroatoms. The predicted octanol–water partition coefficient (Wildman–Crippen LogP) is 3.49. The van der Waals surface area contributed by atoms with Crippen LogP contribution < -0.4 is 11.1 Å². The lowest BCUT2D eigenvalue weighted by atomic mass is 10.1. The molecule has 0 fully saturated rings. The van der Waals surface area contributed by atoms with E-state index in [0.717, 1.165) is 26.2 Å². The first-order valence-corrected chi connectivity index (χ1v) is 8.22. The van der Waals surface area contributed by atoms with E-state index in [1.807, 2.05) is 32.0 Å². The van der Waals surface area contributed by atoms with Crippen LogP contribution in [0.1, 0.15) is 25.8 Å². The summed E-state index contributed by atoms with van der Waals surface area (Å²) in [6.07, 6.45) is 0. The maximum atomic E-state index is 12.4. The molecule has 0 saturated carbocycles. The van der Waals surface area contributed by atoms with Crippen molar-refractivity contribution in [2.24, 2.45) is 0 Å². The van der Waals surface area contributed by atoms with Gasteiger partial charge in [0.2, 0.25) is 0 Å². The molecule has 2 heterocycles. The largest absolute Gasteiger partial charge is 0.397 e. The number of hydrogen-bond acceptors (Lipinski definition) is 5. The Balaban J connectivity index is 1.86. The zero-order valence-electron chi connectivity index (χ0n) is 11.8. The third kappa shape index (κ3) is 2.52. The van der Waals surface area contributed by atoms with Crippen molar-refractivity contribution in [1.82, 2.24) is 10.3 Å². The Morgan fingerprint density at radius 3 is 2.86 bits per heavy atom. The highest BCUT2D eigenvalue weighted by molar-refractivity contribution is 7.21. The van der Waals surface area contributed by atoms with Crippen molar-refractivity contribution in [3.05, 3.63) is 44.7 Å². The lowest BCUT2D eigenvalue weighted by Crippen LogP contribution is -2.22. The fourth-order valence-corrected chi connectivity index (χ4v) is 4.01. The molecule has 2 aromatic heterocycles. The number of nitrogen functional groups attached to an aromatic ring is 1. The zero-order valence-corrected chi connectivity index (χ0v) is 13.4. The fourth-order valence-electron chi connectivity index (χ4n) is 2.18. The average molecular weight is 317 g/mol. The summed E-state index contributed by atoms with van der Waals surface area (Å²) in [4.78, 5) is 18.2. The molecule has 0 spiro atoms. The Bertz CT molecular complexity index is 820. The number of hydrogen-bond donors (Lipinski definition) is 2. The van der Waals surface area contributed by atoms with E-state index in [-0.39, 0.29) is 5.91 Å². The second-order valence-electron chi connectivity index (χ2n) is 4.84. The van der Waals surface area contributed by atoms with Gasteiger partial charge in [-0.15, -0.1) is 22.7 Å². The van der Waals surface area contributed by atoms with Crippen LogP contribution in [0.15, 0.2) is 23.7 Å². The van der Waals surface area contributed by atoms with Gasteiger partial charge >= 0.3 is 0 Å². The molecule has 108 valence electrons. The topological polar surface area (TPSA) is 68.0 Å². The molecule has 0 atom stereocenters. The molecule has 3 aromatic rings. The van der Waals surface area contributed by atoms with Gasteiger partial charge in [-0.1, -0.05) is 18.2 Å². The van der Waals surface area contributed by atoms with Crippen LogP contribution >= 0.6 is 22.7 Å². The van der Waals surface area contributed by atoms with Gasteiger partial charge < -0.3 is 11.1 Å². The summed E-state index contributed by atoms with van der Waals surface area (Å²) >= 11 is 3.00. The predicted molar refractivity (Wildman–Crippen MR) is 89.0 cm³/mol. The van der Waals surface area contributed by atoms with E-state index in [0.29, 0.717) is 17.1 Å². The number of aryl methyl sites for hydroxylation is 2. The number of nitrogens with two attached hydrogens (primary N) is 1. The number of thiazole rings is 1. The number of nitrogens with one attached hydrogen (secondary N) is 1. The molecule has 0 bridgehead atoms. The Morgan fingerprint density at radius 2 is 2.19 bits per heavy atom. The lowest BCUT2D eigenvalue weighted by Gasteiger charge is -2.03. The summed E-state index contributed by atoms with van der Waals surface area (Å²) < 4.78 is 1.08. The van der Waals surface area contributed by atoms with Gasteiger partial charge in [0.25, 0.3) is 5.91 Å². The number of carbonyl (C=O) groups excluding carboxylic acids is 1. The van der Waals surface area contributed by atoms with Gasteiger partial charge in [0, 0.05) is 15.0 Å². The molecule has 0 aliphatic carbocycles. The molecule has 0 aliphatic heterocycles. The van der Waals surface area contributed by atoms with Crippen molar-refractivity contribution in [3.63, 3.8) is 0 Å². The highest BCUT2D eigenvalue weighted by Gasteiger charge is 2.17. The van der Waals surface area contributed by atoms with Crippen LogP contribution in [-0.4, -0.2) is 10.9 Å². The quantitative estimate of drug-likeness (QED) is 0.777. The van der Waals surface area contributed by atoms with Crippen LogP contribution in [0.3, 0.4) is 0 Å². The summed E-state index contributed by atoms with van der Waals surface area (Å²) in [5, 5.41) is 3.88. The number of benzene rings is 1. The van der Waals surface area contributed by atoms with Gasteiger partial charge in [-0.05, 0) is 19.4 Å². The molecule has 0 unspecified atom stereocenters. The summed E-state index contributed by atoms with van der Waals surface area (Å²) in [6.45, 7) is 4.46. The number of fused-ring (bicyclic) bond motifs is 1. The van der Waals surface area contributed by atoms with E-state index >= 15 is 0 Å². The van der Waals surface area contributed by atoms with Crippen LogP contribution in [0.4, 0.5) is 5.69 Å². The van der Waals surface area contributed by atoms with E-state index in [9.17, 15) is 4.79 Å². The van der Waals surface area contributed by atoms with Crippen molar-refractivity contribution < 1.29 is 4.79 Å². The van der Waals surface area contributed by atoms with Crippen molar-refractivity contribution in [3.8, 4) is 0 Å². The number of amides is 1. The minimum Gasteiger partial charge on any atom is -0.397 e. The van der Waals surface area contributed by atoms with Crippen LogP contribution in [0, 0.1) is 13.8 Å². The van der Waals surface area contributed by atoms with E-state index in [4.69, 9.17) is 5.73 Å². The third-order valence-electron chi connectivity index (χ3n) is 3.41. The molecule has 0 radical (unpaired) electrons. The first kappa shape index (κ1) is 14.0. The standard InChI is InChI=1S/C15H15N3OS2/c1-8-4-3-5-10-12(16)14(21-13(8)10)15(19)17-6-11-9(2)18-7-20-11/h3-5,7H,6,16H2,1-2H3,(H,17,19). The molecule has 0 saturated heterocycles. The minimum atomic E-state index is -0.124. The molecular formula is C15H15N3OS2. The van der Waals surface area contributed by atoms with Crippen molar-refractivity contribution in [1.29, 1.82) is 0 Å². The summed E-state index contributed by atoms with van der Waals surface area (Å²) in [5.41, 5.74) is 10.6. The number of carbonyl (C=O) groups is 1. The van der Waals surface area contributed by atoms with Gasteiger partial charge in [0.15, 0.2) is 0 Å². The molecule has 0 aliphatic rings. The normalized spacial score (nSPS) is 11.0. The van der Waals surface area contributed by atoms with E-state index in [2.05, 4.69) is 10.3 Å². The molecule has 3 rings (SSSR count). The smallest absolute Gasteiger partial charge is 0.263 e. The molecule has 4 nitrogen and oxygen atoms in total. The number of thiophene rings is 1. The molecule has 1 amide bonds. The number of rotatable bonds is 3. The molecule has 21 heavy (non-hydrogen) atoms. The number of nitrogens with zero attached hydrogens (tertiary/aromatic N) is 1. The highest BCUT2D eigenvalue weighted by atomic mass is 32.1. The lowest BCUT2D eigenvalue weighted by molar-refractivity contribution is 0.0956. The van der Waals surface area contributed by atoms with Gasteiger partial charge in [-0.25, -0.2) is 4.98 Å². The number of aromatic nitrogens is 1. The van der Waals surface area contributed by atoms with Crippen molar-refractivity contribution >= 4 is 44.4 Å². The van der Waals surface area contributed by atoms with Crippen molar-refractivity contribution in [2.75, 3.05) is 5.73 Å². The monoisotopic (exact) mass is 317 g/mol. The van der Waals surface area contributed by atoms with Crippen LogP contribution in [0.5, 0.6) is 0 Å². The van der Waals surface area contributed by atoms with Crippen LogP contribution in [0.2, 0.25) is 0 Å². The minimum absolute atomic E-state index is 0.124. The second kappa shape index (κ2) is 5.46. The fraction of sp³-hybridized carbons (Fsp3) is 0.200. The van der Waals surface area contributed by atoms with Gasteiger partial charge in [-0.2, -0.15) is 0 Å². The summed E-state index contributed by atoms with van der Waals surface area (Å²) in [6, 6.07) is 5.95. The van der Waals surface area contributed by atoms with E-state index < -0.39 is 0 Å².